The second-order valence-electron chi connectivity index (χ2n) is 6.12. The highest BCUT2D eigenvalue weighted by Gasteiger charge is 2.15. The van der Waals surface area contributed by atoms with Crippen molar-refractivity contribution < 1.29 is 14.7 Å². The van der Waals surface area contributed by atoms with E-state index in [0.29, 0.717) is 21.5 Å². The number of fused-ring (bicyclic) bond motifs is 1. The molecule has 29 heavy (non-hydrogen) atoms. The fourth-order valence-electron chi connectivity index (χ4n) is 2.61. The Morgan fingerprint density at radius 1 is 1.21 bits per heavy atom. The predicted octanol–water partition coefficient (Wildman–Crippen LogP) is -1.05. The lowest BCUT2D eigenvalue weighted by atomic mass is 10.1. The van der Waals surface area contributed by atoms with Crippen molar-refractivity contribution in [2.45, 2.75) is 13.0 Å². The van der Waals surface area contributed by atoms with Crippen LogP contribution in [0.4, 0.5) is 0 Å². The summed E-state index contributed by atoms with van der Waals surface area (Å²) in [6, 6.07) is 6.54. The highest BCUT2D eigenvalue weighted by Crippen LogP contribution is 2.18. The van der Waals surface area contributed by atoms with Crippen molar-refractivity contribution in [3.05, 3.63) is 50.7 Å². The molecule has 0 aliphatic heterocycles. The monoisotopic (exact) mass is 399 g/mol. The normalized spacial score (nSPS) is 10.8. The molecule has 7 N–H and O–H groups in total. The van der Waals surface area contributed by atoms with Gasteiger partial charge in [0.1, 0.15) is 23.7 Å². The first kappa shape index (κ1) is 19.5. The zero-order valence-corrected chi connectivity index (χ0v) is 15.0. The first-order valence-electron chi connectivity index (χ1n) is 8.42. The number of benzene rings is 1. The third kappa shape index (κ3) is 4.21. The number of amidine groups is 1. The molecule has 0 fully saturated rings. The van der Waals surface area contributed by atoms with Crippen molar-refractivity contribution in [1.29, 1.82) is 5.41 Å². The number of nitrogens with one attached hydrogen (secondary N) is 4. The number of aromatic nitrogens is 4. The molecule has 0 aliphatic rings. The molecular weight excluding hydrogens is 382 g/mol. The maximum atomic E-state index is 12.6. The second kappa shape index (κ2) is 7.80. The van der Waals surface area contributed by atoms with Gasteiger partial charge in [0.25, 0.3) is 5.56 Å². The number of rotatable bonds is 7. The van der Waals surface area contributed by atoms with E-state index < -0.39 is 29.7 Å². The van der Waals surface area contributed by atoms with Crippen LogP contribution in [0, 0.1) is 5.41 Å². The molecule has 0 saturated heterocycles. The fourth-order valence-corrected chi connectivity index (χ4v) is 2.61. The Morgan fingerprint density at radius 2 is 1.90 bits per heavy atom. The van der Waals surface area contributed by atoms with E-state index in [4.69, 9.17) is 16.2 Å². The number of carboxylic acids is 1. The van der Waals surface area contributed by atoms with Gasteiger partial charge in [-0.1, -0.05) is 24.3 Å². The molecule has 3 aromatic rings. The molecule has 0 atom stereocenters. The summed E-state index contributed by atoms with van der Waals surface area (Å²) in [4.78, 5) is 56.6. The molecule has 1 aromatic carbocycles. The lowest BCUT2D eigenvalue weighted by molar-refractivity contribution is -0.136. The van der Waals surface area contributed by atoms with E-state index in [2.05, 4.69) is 20.3 Å². The molecule has 150 valence electrons. The fraction of sp³-hybridized carbons (Fsp3) is 0.176. The average molecular weight is 399 g/mol. The summed E-state index contributed by atoms with van der Waals surface area (Å²) in [6.45, 7) is -0.682. The number of hydrogen-bond acceptors (Lipinski definition) is 6. The Balaban J connectivity index is 1.90. The van der Waals surface area contributed by atoms with E-state index in [1.165, 1.54) is 0 Å². The minimum Gasteiger partial charge on any atom is -0.481 e. The predicted molar refractivity (Wildman–Crippen MR) is 103 cm³/mol. The number of aliphatic carboxylic acids is 1. The second-order valence-corrected chi connectivity index (χ2v) is 6.12. The zero-order chi connectivity index (χ0) is 21.1. The van der Waals surface area contributed by atoms with Crippen molar-refractivity contribution in [3.63, 3.8) is 0 Å². The number of carboxylic acid groups (broad SMARTS) is 1. The Labute approximate surface area is 161 Å². The van der Waals surface area contributed by atoms with Crippen LogP contribution >= 0.6 is 0 Å². The van der Waals surface area contributed by atoms with Crippen molar-refractivity contribution in [3.8, 4) is 11.4 Å². The van der Waals surface area contributed by atoms with Crippen molar-refractivity contribution in [2.24, 2.45) is 5.73 Å². The summed E-state index contributed by atoms with van der Waals surface area (Å²) in [5.41, 5.74) is 5.03. The van der Waals surface area contributed by atoms with Crippen LogP contribution < -0.4 is 22.3 Å². The first-order chi connectivity index (χ1) is 13.8. The number of imidazole rings is 1. The van der Waals surface area contributed by atoms with Gasteiger partial charge in [0.05, 0.1) is 6.42 Å². The van der Waals surface area contributed by atoms with Gasteiger partial charge >= 0.3 is 11.7 Å². The molecule has 2 aromatic heterocycles. The number of hydrogen-bond donors (Lipinski definition) is 6. The van der Waals surface area contributed by atoms with Gasteiger partial charge in [-0.15, -0.1) is 0 Å². The average Bonchev–Trinajstić information content (AvgIpc) is 3.09. The lowest BCUT2D eigenvalue weighted by Crippen LogP contribution is -2.41. The lowest BCUT2D eigenvalue weighted by Gasteiger charge is -2.05. The van der Waals surface area contributed by atoms with Crippen LogP contribution in [0.1, 0.15) is 12.0 Å². The minimum atomic E-state index is -1.08. The Morgan fingerprint density at radius 3 is 2.52 bits per heavy atom. The third-order valence-electron chi connectivity index (χ3n) is 4.07. The van der Waals surface area contributed by atoms with E-state index in [9.17, 15) is 19.2 Å². The highest BCUT2D eigenvalue weighted by atomic mass is 16.4. The number of aromatic amines is 2. The molecule has 1 amide bonds. The number of nitrogens with zero attached hydrogens (tertiary/aromatic N) is 2. The van der Waals surface area contributed by atoms with Crippen LogP contribution in [-0.2, 0) is 16.1 Å². The van der Waals surface area contributed by atoms with Crippen molar-refractivity contribution >= 4 is 28.9 Å². The maximum absolute atomic E-state index is 12.6. The molecule has 0 radical (unpaired) electrons. The maximum Gasteiger partial charge on any atom is 0.330 e. The molecule has 3 rings (SSSR count). The number of H-pyrrole nitrogens is 2. The summed E-state index contributed by atoms with van der Waals surface area (Å²) in [5.74, 6) is -1.53. The number of amides is 1. The van der Waals surface area contributed by atoms with Crippen LogP contribution in [0.5, 0.6) is 0 Å². The van der Waals surface area contributed by atoms with Gasteiger partial charge in [-0.3, -0.25) is 24.8 Å². The summed E-state index contributed by atoms with van der Waals surface area (Å²) in [5, 5.41) is 18.3. The van der Waals surface area contributed by atoms with Crippen molar-refractivity contribution in [2.75, 3.05) is 6.54 Å². The summed E-state index contributed by atoms with van der Waals surface area (Å²) in [6.07, 6.45) is -0.275. The first-order valence-corrected chi connectivity index (χ1v) is 8.42. The molecule has 0 unspecified atom stereocenters. The number of nitrogen functional groups attached to an aromatic ring is 1. The number of nitrogens with two attached hydrogens (primary N) is 1. The van der Waals surface area contributed by atoms with E-state index >= 15 is 0 Å². The molecule has 0 bridgehead atoms. The standard InChI is InChI=1S/C17H17N7O5/c18-13(19)8-1-3-9(4-2-8)14-21-12-15(22-14)23-17(29)24(16(12)28)7-10(25)20-6-5-11(26)27/h1-4H,5-7H2,(H3,18,19)(H,20,25)(H,21,22)(H,23,29)(H,26,27). The Kier molecular flexibility index (Phi) is 5.25. The summed E-state index contributed by atoms with van der Waals surface area (Å²) >= 11 is 0. The van der Waals surface area contributed by atoms with E-state index in [0.717, 1.165) is 0 Å². The van der Waals surface area contributed by atoms with Gasteiger partial charge in [0, 0.05) is 17.7 Å². The smallest absolute Gasteiger partial charge is 0.330 e. The van der Waals surface area contributed by atoms with Crippen molar-refractivity contribution in [1.82, 2.24) is 24.8 Å². The van der Waals surface area contributed by atoms with Crippen LogP contribution in [-0.4, -0.2) is 48.9 Å². The van der Waals surface area contributed by atoms with Gasteiger partial charge < -0.3 is 21.1 Å². The summed E-state index contributed by atoms with van der Waals surface area (Å²) < 4.78 is 0.694. The topological polar surface area (TPSA) is 200 Å². The summed E-state index contributed by atoms with van der Waals surface area (Å²) in [7, 11) is 0. The van der Waals surface area contributed by atoms with Gasteiger partial charge in [-0.2, -0.15) is 0 Å². The van der Waals surface area contributed by atoms with Crippen LogP contribution in [0.2, 0.25) is 0 Å². The number of carbonyl (C=O) groups excluding carboxylic acids is 1. The Hall–Kier alpha value is -4.22. The largest absolute Gasteiger partial charge is 0.481 e. The van der Waals surface area contributed by atoms with E-state index in [1.54, 1.807) is 24.3 Å². The molecule has 0 saturated carbocycles. The molecular formula is C17H17N7O5. The van der Waals surface area contributed by atoms with Crippen LogP contribution in [0.25, 0.3) is 22.6 Å². The number of carbonyl (C=O) groups is 2. The zero-order valence-electron chi connectivity index (χ0n) is 15.0. The van der Waals surface area contributed by atoms with E-state index in [-0.39, 0.29) is 30.0 Å². The van der Waals surface area contributed by atoms with E-state index in [1.807, 2.05) is 0 Å². The van der Waals surface area contributed by atoms with Gasteiger partial charge in [0.15, 0.2) is 5.65 Å². The SMILES string of the molecule is N=C(N)c1ccc(-c2nc3[nH]c(=O)n(CC(=O)NCCC(=O)O)c(=O)c3[nH]2)cc1. The molecule has 0 spiro atoms. The minimum absolute atomic E-state index is 0.00794. The Bertz CT molecular complexity index is 1220. The molecule has 12 heteroatoms. The van der Waals surface area contributed by atoms with Crippen LogP contribution in [0.3, 0.4) is 0 Å². The van der Waals surface area contributed by atoms with Gasteiger partial charge in [0.2, 0.25) is 5.91 Å². The highest BCUT2D eigenvalue weighted by molar-refractivity contribution is 5.95. The van der Waals surface area contributed by atoms with Crippen LogP contribution in [0.15, 0.2) is 33.9 Å². The quantitative estimate of drug-likeness (QED) is 0.215. The molecule has 2 heterocycles. The van der Waals surface area contributed by atoms with Gasteiger partial charge in [-0.25, -0.2) is 14.3 Å². The third-order valence-corrected chi connectivity index (χ3v) is 4.07. The molecule has 0 aliphatic carbocycles. The van der Waals surface area contributed by atoms with Gasteiger partial charge in [-0.05, 0) is 0 Å². The molecule has 12 nitrogen and oxygen atoms in total.